The summed E-state index contributed by atoms with van der Waals surface area (Å²) in [4.78, 5) is 0. The van der Waals surface area contributed by atoms with Crippen molar-refractivity contribution in [3.8, 4) is 6.07 Å². The molecule has 3 nitrogen and oxygen atoms in total. The first-order chi connectivity index (χ1) is 5.24. The Hall–Kier alpha value is -1.43. The van der Waals surface area contributed by atoms with Gasteiger partial charge in [0.25, 0.3) is 0 Å². The van der Waals surface area contributed by atoms with Crippen molar-refractivity contribution in [2.24, 2.45) is 5.92 Å². The highest BCUT2D eigenvalue weighted by Gasteiger charge is 2.14. The highest BCUT2D eigenvalue weighted by molar-refractivity contribution is 5.21. The van der Waals surface area contributed by atoms with E-state index >= 15 is 0 Å². The lowest BCUT2D eigenvalue weighted by Crippen LogP contribution is -2.04. The molecule has 1 rings (SSSR count). The van der Waals surface area contributed by atoms with Crippen LogP contribution >= 0.6 is 0 Å². The van der Waals surface area contributed by atoms with Crippen LogP contribution in [0.25, 0.3) is 0 Å². The van der Waals surface area contributed by atoms with Crippen molar-refractivity contribution in [3.63, 3.8) is 0 Å². The van der Waals surface area contributed by atoms with Gasteiger partial charge in [-0.3, -0.25) is 0 Å². The molecule has 58 valence electrons. The van der Waals surface area contributed by atoms with Crippen LogP contribution in [0.2, 0.25) is 0 Å². The van der Waals surface area contributed by atoms with Gasteiger partial charge in [0.05, 0.1) is 6.07 Å². The van der Waals surface area contributed by atoms with E-state index in [2.05, 4.69) is 0 Å². The van der Waals surface area contributed by atoms with Crippen LogP contribution in [0.5, 0.6) is 0 Å². The van der Waals surface area contributed by atoms with Crippen LogP contribution in [0.3, 0.4) is 0 Å². The van der Waals surface area contributed by atoms with Crippen LogP contribution in [0.4, 0.5) is 0 Å². The minimum Gasteiger partial charge on any atom is -0.508 e. The highest BCUT2D eigenvalue weighted by Crippen LogP contribution is 2.22. The molecule has 2 N–H and O–H groups in total. The average molecular weight is 151 g/mol. The molecule has 0 aromatic heterocycles. The lowest BCUT2D eigenvalue weighted by atomic mass is 9.96. The second-order valence-electron chi connectivity index (χ2n) is 2.52. The molecule has 0 spiro atoms. The molecule has 1 aliphatic rings. The van der Waals surface area contributed by atoms with Gasteiger partial charge in [-0.05, 0) is 12.0 Å². The SMILES string of the molecule is N#CCC1C=CC(O)=C(O)C1. The molecular weight excluding hydrogens is 142 g/mol. The minimum atomic E-state index is -0.0841. The van der Waals surface area contributed by atoms with Crippen molar-refractivity contribution in [3.05, 3.63) is 23.7 Å². The molecule has 0 aliphatic heterocycles. The van der Waals surface area contributed by atoms with Gasteiger partial charge in [-0.25, -0.2) is 0 Å². The zero-order valence-corrected chi connectivity index (χ0v) is 5.99. The molecule has 3 heteroatoms. The first-order valence-electron chi connectivity index (χ1n) is 3.40. The molecule has 0 saturated heterocycles. The molecule has 0 fully saturated rings. The second-order valence-corrected chi connectivity index (χ2v) is 2.52. The maximum absolute atomic E-state index is 9.04. The van der Waals surface area contributed by atoms with Crippen LogP contribution < -0.4 is 0 Å². The van der Waals surface area contributed by atoms with E-state index in [0.717, 1.165) is 0 Å². The second kappa shape index (κ2) is 3.11. The summed E-state index contributed by atoms with van der Waals surface area (Å²) in [5.74, 6) is -0.0529. The van der Waals surface area contributed by atoms with Gasteiger partial charge in [0.2, 0.25) is 0 Å². The lowest BCUT2D eigenvalue weighted by Gasteiger charge is -2.12. The topological polar surface area (TPSA) is 64.2 Å². The summed E-state index contributed by atoms with van der Waals surface area (Å²) in [5, 5.41) is 26.3. The molecule has 1 aliphatic carbocycles. The molecule has 0 amide bonds. The standard InChI is InChI=1S/C8H9NO2/c9-4-3-6-1-2-7(10)8(11)5-6/h1-2,6,10-11H,3,5H2. The van der Waals surface area contributed by atoms with E-state index in [1.807, 2.05) is 6.07 Å². The maximum Gasteiger partial charge on any atom is 0.152 e. The number of allylic oxidation sites excluding steroid dienone is 3. The van der Waals surface area contributed by atoms with E-state index in [1.165, 1.54) is 6.08 Å². The largest absolute Gasteiger partial charge is 0.508 e. The van der Waals surface area contributed by atoms with E-state index in [0.29, 0.717) is 12.8 Å². The minimum absolute atomic E-state index is 0.0206. The van der Waals surface area contributed by atoms with Crippen molar-refractivity contribution in [2.75, 3.05) is 0 Å². The smallest absolute Gasteiger partial charge is 0.152 e. The lowest BCUT2D eigenvalue weighted by molar-refractivity contribution is 0.303. The number of aliphatic hydroxyl groups is 2. The zero-order valence-electron chi connectivity index (χ0n) is 5.99. The normalized spacial score (nSPS) is 23.4. The third kappa shape index (κ3) is 1.74. The van der Waals surface area contributed by atoms with Crippen LogP contribution in [0.15, 0.2) is 23.7 Å². The third-order valence-electron chi connectivity index (χ3n) is 1.63. The third-order valence-corrected chi connectivity index (χ3v) is 1.63. The van der Waals surface area contributed by atoms with E-state index in [-0.39, 0.29) is 17.4 Å². The number of aliphatic hydroxyl groups excluding tert-OH is 2. The van der Waals surface area contributed by atoms with Crippen molar-refractivity contribution >= 4 is 0 Å². The first kappa shape index (κ1) is 7.67. The van der Waals surface area contributed by atoms with Gasteiger partial charge in [-0.2, -0.15) is 5.26 Å². The summed E-state index contributed by atoms with van der Waals surface area (Å²) in [6.45, 7) is 0. The Labute approximate surface area is 64.9 Å². The zero-order chi connectivity index (χ0) is 8.27. The number of rotatable bonds is 1. The molecule has 0 aromatic rings. The van der Waals surface area contributed by atoms with Gasteiger partial charge in [0.15, 0.2) is 5.76 Å². The Kier molecular flexibility index (Phi) is 2.17. The predicted molar refractivity (Wildman–Crippen MR) is 39.8 cm³/mol. The fourth-order valence-corrected chi connectivity index (χ4v) is 1.00. The Morgan fingerprint density at radius 1 is 1.64 bits per heavy atom. The molecule has 1 unspecified atom stereocenters. The molecule has 0 radical (unpaired) electrons. The number of nitriles is 1. The Bertz CT molecular complexity index is 247. The predicted octanol–water partition coefficient (Wildman–Crippen LogP) is 1.80. The Morgan fingerprint density at radius 3 is 2.91 bits per heavy atom. The van der Waals surface area contributed by atoms with Crippen molar-refractivity contribution in [1.29, 1.82) is 5.26 Å². The summed E-state index contributed by atoms with van der Waals surface area (Å²) in [7, 11) is 0. The molecule has 0 aromatic carbocycles. The van der Waals surface area contributed by atoms with Gasteiger partial charge < -0.3 is 10.2 Å². The van der Waals surface area contributed by atoms with Crippen molar-refractivity contribution in [2.45, 2.75) is 12.8 Å². The Morgan fingerprint density at radius 2 is 2.36 bits per heavy atom. The summed E-state index contributed by atoms with van der Waals surface area (Å²) in [6, 6.07) is 2.01. The van der Waals surface area contributed by atoms with Gasteiger partial charge >= 0.3 is 0 Å². The maximum atomic E-state index is 9.04. The van der Waals surface area contributed by atoms with Gasteiger partial charge in [-0.15, -0.1) is 0 Å². The van der Waals surface area contributed by atoms with Gasteiger partial charge in [-0.1, -0.05) is 6.08 Å². The molecule has 0 bridgehead atoms. The fraction of sp³-hybridized carbons (Fsp3) is 0.375. The van der Waals surface area contributed by atoms with Crippen LogP contribution in [-0.2, 0) is 0 Å². The van der Waals surface area contributed by atoms with Crippen LogP contribution in [0.1, 0.15) is 12.8 Å². The Balaban J connectivity index is 2.61. The highest BCUT2D eigenvalue weighted by atomic mass is 16.3. The summed E-state index contributed by atoms with van der Waals surface area (Å²) in [6.07, 6.45) is 3.92. The van der Waals surface area contributed by atoms with E-state index < -0.39 is 0 Å². The quantitative estimate of drug-likeness (QED) is 0.600. The monoisotopic (exact) mass is 151 g/mol. The molecule has 11 heavy (non-hydrogen) atoms. The number of hydrogen-bond donors (Lipinski definition) is 2. The summed E-state index contributed by atoms with van der Waals surface area (Å²) in [5.41, 5.74) is 0. The molecule has 1 atom stereocenters. The van der Waals surface area contributed by atoms with E-state index in [4.69, 9.17) is 15.5 Å². The molecular formula is C8H9NO2. The number of nitrogens with zero attached hydrogens (tertiary/aromatic N) is 1. The van der Waals surface area contributed by atoms with Gasteiger partial charge in [0, 0.05) is 12.8 Å². The first-order valence-corrected chi connectivity index (χ1v) is 3.40. The van der Waals surface area contributed by atoms with Crippen LogP contribution in [-0.4, -0.2) is 10.2 Å². The molecule has 0 saturated carbocycles. The summed E-state index contributed by atoms with van der Waals surface area (Å²) >= 11 is 0. The number of hydrogen-bond acceptors (Lipinski definition) is 3. The molecule has 0 heterocycles. The fourth-order valence-electron chi connectivity index (χ4n) is 1.00. The average Bonchev–Trinajstić information content (AvgIpc) is 1.98. The van der Waals surface area contributed by atoms with Gasteiger partial charge in [0.1, 0.15) is 5.76 Å². The van der Waals surface area contributed by atoms with Crippen LogP contribution in [0, 0.1) is 17.2 Å². The van der Waals surface area contributed by atoms with Crippen molar-refractivity contribution < 1.29 is 10.2 Å². The van der Waals surface area contributed by atoms with E-state index in [1.54, 1.807) is 6.08 Å². The van der Waals surface area contributed by atoms with Crippen molar-refractivity contribution in [1.82, 2.24) is 0 Å². The summed E-state index contributed by atoms with van der Waals surface area (Å²) < 4.78 is 0. The van der Waals surface area contributed by atoms with E-state index in [9.17, 15) is 0 Å².